The van der Waals surface area contributed by atoms with Gasteiger partial charge in [-0.2, -0.15) is 0 Å². The molecular formula is C11H12BrNO. The van der Waals surface area contributed by atoms with Gasteiger partial charge in [0.25, 0.3) is 0 Å². The highest BCUT2D eigenvalue weighted by Crippen LogP contribution is 2.26. The van der Waals surface area contributed by atoms with Crippen molar-refractivity contribution in [2.75, 3.05) is 19.0 Å². The van der Waals surface area contributed by atoms with Crippen molar-refractivity contribution >= 4 is 21.6 Å². The van der Waals surface area contributed by atoms with Crippen LogP contribution in [-0.4, -0.2) is 13.7 Å². The molecule has 1 aromatic rings. The molecule has 0 radical (unpaired) electrons. The summed E-state index contributed by atoms with van der Waals surface area (Å²) in [6.45, 7) is 2.46. The lowest BCUT2D eigenvalue weighted by atomic mass is 10.3. The third-order valence-corrected chi connectivity index (χ3v) is 2.41. The smallest absolute Gasteiger partial charge is 0.121 e. The number of methoxy groups -OCH3 is 1. The summed E-state index contributed by atoms with van der Waals surface area (Å²) in [5.41, 5.74) is 0.993. The second kappa shape index (κ2) is 5.56. The zero-order valence-corrected chi connectivity index (χ0v) is 9.81. The van der Waals surface area contributed by atoms with Crippen molar-refractivity contribution in [3.05, 3.63) is 22.7 Å². The van der Waals surface area contributed by atoms with E-state index in [1.807, 2.05) is 25.1 Å². The minimum Gasteiger partial charge on any atom is -0.497 e. The van der Waals surface area contributed by atoms with Crippen molar-refractivity contribution in [1.29, 1.82) is 0 Å². The van der Waals surface area contributed by atoms with E-state index in [0.29, 0.717) is 6.54 Å². The number of benzene rings is 1. The van der Waals surface area contributed by atoms with Crippen LogP contribution in [0.2, 0.25) is 0 Å². The monoisotopic (exact) mass is 253 g/mol. The number of hydrogen-bond acceptors (Lipinski definition) is 2. The molecular weight excluding hydrogens is 242 g/mol. The van der Waals surface area contributed by atoms with Crippen LogP contribution in [0.3, 0.4) is 0 Å². The van der Waals surface area contributed by atoms with E-state index in [1.165, 1.54) is 0 Å². The second-order valence-electron chi connectivity index (χ2n) is 2.63. The zero-order valence-electron chi connectivity index (χ0n) is 8.23. The van der Waals surface area contributed by atoms with E-state index in [0.717, 1.165) is 15.9 Å². The van der Waals surface area contributed by atoms with E-state index in [-0.39, 0.29) is 0 Å². The van der Waals surface area contributed by atoms with E-state index < -0.39 is 0 Å². The third-order valence-electron chi connectivity index (χ3n) is 1.72. The van der Waals surface area contributed by atoms with E-state index >= 15 is 0 Å². The zero-order chi connectivity index (χ0) is 10.4. The lowest BCUT2D eigenvalue weighted by Crippen LogP contribution is -1.99. The molecule has 3 heteroatoms. The van der Waals surface area contributed by atoms with Crippen LogP contribution in [0, 0.1) is 11.8 Å². The van der Waals surface area contributed by atoms with Gasteiger partial charge in [0.2, 0.25) is 0 Å². The maximum atomic E-state index is 5.12. The first-order chi connectivity index (χ1) is 6.77. The molecule has 0 aromatic heterocycles. The molecule has 0 unspecified atom stereocenters. The minimum atomic E-state index is 0.641. The molecule has 0 aliphatic heterocycles. The van der Waals surface area contributed by atoms with Crippen LogP contribution in [0.5, 0.6) is 5.75 Å². The Labute approximate surface area is 92.8 Å². The molecule has 0 aliphatic carbocycles. The summed E-state index contributed by atoms with van der Waals surface area (Å²) in [7, 11) is 1.65. The highest BCUT2D eigenvalue weighted by Gasteiger charge is 1.99. The van der Waals surface area contributed by atoms with Crippen LogP contribution in [-0.2, 0) is 0 Å². The Morgan fingerprint density at radius 1 is 1.50 bits per heavy atom. The van der Waals surface area contributed by atoms with Crippen molar-refractivity contribution in [3.63, 3.8) is 0 Å². The fourth-order valence-electron chi connectivity index (χ4n) is 0.995. The van der Waals surface area contributed by atoms with E-state index in [4.69, 9.17) is 4.74 Å². The Bertz CT molecular complexity index is 365. The van der Waals surface area contributed by atoms with Gasteiger partial charge in [0, 0.05) is 10.5 Å². The van der Waals surface area contributed by atoms with Crippen molar-refractivity contribution < 1.29 is 4.74 Å². The second-order valence-corrected chi connectivity index (χ2v) is 3.48. The van der Waals surface area contributed by atoms with Gasteiger partial charge in [-0.05, 0) is 35.0 Å². The van der Waals surface area contributed by atoms with E-state index in [1.54, 1.807) is 7.11 Å². The number of anilines is 1. The van der Waals surface area contributed by atoms with Gasteiger partial charge >= 0.3 is 0 Å². The fourth-order valence-corrected chi connectivity index (χ4v) is 1.38. The molecule has 0 amide bonds. The van der Waals surface area contributed by atoms with E-state index in [2.05, 4.69) is 33.1 Å². The normalized spacial score (nSPS) is 8.79. The molecule has 0 saturated heterocycles. The fraction of sp³-hybridized carbons (Fsp3) is 0.273. The van der Waals surface area contributed by atoms with Gasteiger partial charge in [-0.15, -0.1) is 5.92 Å². The predicted molar refractivity (Wildman–Crippen MR) is 62.6 cm³/mol. The Kier molecular flexibility index (Phi) is 4.34. The molecule has 0 saturated carbocycles. The molecule has 2 nitrogen and oxygen atoms in total. The molecule has 1 aromatic carbocycles. The van der Waals surface area contributed by atoms with Gasteiger partial charge in [0.15, 0.2) is 0 Å². The molecule has 0 aliphatic rings. The molecule has 0 fully saturated rings. The Morgan fingerprint density at radius 2 is 2.29 bits per heavy atom. The van der Waals surface area contributed by atoms with Crippen LogP contribution in [0.4, 0.5) is 5.69 Å². The Balaban J connectivity index is 2.76. The molecule has 0 atom stereocenters. The molecule has 0 spiro atoms. The summed E-state index contributed by atoms with van der Waals surface area (Å²) in [6, 6.07) is 5.78. The summed E-state index contributed by atoms with van der Waals surface area (Å²) in [5.74, 6) is 6.60. The van der Waals surface area contributed by atoms with Crippen LogP contribution in [0.15, 0.2) is 22.7 Å². The topological polar surface area (TPSA) is 21.3 Å². The van der Waals surface area contributed by atoms with Crippen molar-refractivity contribution in [3.8, 4) is 17.6 Å². The molecule has 74 valence electrons. The SMILES string of the molecule is CC#CCNc1cc(OC)ccc1Br. The molecule has 1 rings (SSSR count). The first kappa shape index (κ1) is 10.9. The average molecular weight is 254 g/mol. The lowest BCUT2D eigenvalue weighted by molar-refractivity contribution is 0.415. The lowest BCUT2D eigenvalue weighted by Gasteiger charge is -2.07. The third kappa shape index (κ3) is 2.97. The summed E-state index contributed by atoms with van der Waals surface area (Å²) in [5, 5.41) is 3.19. The van der Waals surface area contributed by atoms with Gasteiger partial charge < -0.3 is 10.1 Å². The summed E-state index contributed by atoms with van der Waals surface area (Å²) >= 11 is 3.45. The predicted octanol–water partition coefficient (Wildman–Crippen LogP) is 2.89. The molecule has 1 N–H and O–H groups in total. The maximum Gasteiger partial charge on any atom is 0.121 e. The highest BCUT2D eigenvalue weighted by molar-refractivity contribution is 9.10. The van der Waals surface area contributed by atoms with Crippen LogP contribution >= 0.6 is 15.9 Å². The van der Waals surface area contributed by atoms with Gasteiger partial charge in [-0.1, -0.05) is 5.92 Å². The number of hydrogen-bond donors (Lipinski definition) is 1. The highest BCUT2D eigenvalue weighted by atomic mass is 79.9. The standard InChI is InChI=1S/C11H12BrNO/c1-3-4-7-13-11-8-9(14-2)5-6-10(11)12/h5-6,8,13H,7H2,1-2H3. The Morgan fingerprint density at radius 3 is 2.93 bits per heavy atom. The van der Waals surface area contributed by atoms with Crippen LogP contribution in [0.1, 0.15) is 6.92 Å². The van der Waals surface area contributed by atoms with Crippen molar-refractivity contribution in [1.82, 2.24) is 0 Å². The number of rotatable bonds is 3. The minimum absolute atomic E-state index is 0.641. The van der Waals surface area contributed by atoms with Gasteiger partial charge in [0.1, 0.15) is 5.75 Å². The van der Waals surface area contributed by atoms with Crippen LogP contribution in [0.25, 0.3) is 0 Å². The van der Waals surface area contributed by atoms with Gasteiger partial charge in [-0.3, -0.25) is 0 Å². The molecule has 14 heavy (non-hydrogen) atoms. The summed E-state index contributed by atoms with van der Waals surface area (Å²) in [6.07, 6.45) is 0. The summed E-state index contributed by atoms with van der Waals surface area (Å²) < 4.78 is 6.13. The number of nitrogens with one attached hydrogen (secondary N) is 1. The average Bonchev–Trinajstić information content (AvgIpc) is 2.21. The first-order valence-corrected chi connectivity index (χ1v) is 5.04. The summed E-state index contributed by atoms with van der Waals surface area (Å²) in [4.78, 5) is 0. The van der Waals surface area contributed by atoms with Crippen LogP contribution < -0.4 is 10.1 Å². The maximum absolute atomic E-state index is 5.12. The molecule has 0 heterocycles. The van der Waals surface area contributed by atoms with Gasteiger partial charge in [-0.25, -0.2) is 0 Å². The molecule has 0 bridgehead atoms. The van der Waals surface area contributed by atoms with E-state index in [9.17, 15) is 0 Å². The number of halogens is 1. The Hall–Kier alpha value is -1.14. The number of ether oxygens (including phenoxy) is 1. The van der Waals surface area contributed by atoms with Gasteiger partial charge in [0.05, 0.1) is 19.3 Å². The van der Waals surface area contributed by atoms with Crippen molar-refractivity contribution in [2.24, 2.45) is 0 Å². The first-order valence-electron chi connectivity index (χ1n) is 4.25. The quantitative estimate of drug-likeness (QED) is 0.837. The largest absolute Gasteiger partial charge is 0.497 e. The van der Waals surface area contributed by atoms with Crippen molar-refractivity contribution in [2.45, 2.75) is 6.92 Å².